The second kappa shape index (κ2) is 10.2. The van der Waals surface area contributed by atoms with E-state index in [0.29, 0.717) is 16.7 Å². The lowest BCUT2D eigenvalue weighted by Crippen LogP contribution is -2.33. The number of amides is 1. The quantitative estimate of drug-likeness (QED) is 0.337. The van der Waals surface area contributed by atoms with E-state index in [-0.39, 0.29) is 30.4 Å². The third-order valence-corrected chi connectivity index (χ3v) is 6.38. The normalized spacial score (nSPS) is 10.6. The maximum atomic E-state index is 13.3. The van der Waals surface area contributed by atoms with E-state index in [1.807, 2.05) is 52.4 Å². The van der Waals surface area contributed by atoms with Crippen LogP contribution in [0.2, 0.25) is 0 Å². The highest BCUT2D eigenvalue weighted by Crippen LogP contribution is 2.30. The number of carbonyl (C=O) groups is 1. The van der Waals surface area contributed by atoms with Crippen molar-refractivity contribution in [1.82, 2.24) is 14.8 Å². The van der Waals surface area contributed by atoms with Gasteiger partial charge in [0, 0.05) is 17.9 Å². The number of halogens is 1. The minimum atomic E-state index is -0.382. The number of nitrogens with zero attached hydrogens (tertiary/aromatic N) is 5. The minimum absolute atomic E-state index is 0.0954. The van der Waals surface area contributed by atoms with Crippen LogP contribution in [0.15, 0.2) is 77.3 Å². The second-order valence-electron chi connectivity index (χ2n) is 6.67. The molecule has 0 bridgehead atoms. The summed E-state index contributed by atoms with van der Waals surface area (Å²) >= 11 is 2.84. The number of carbonyl (C=O) groups excluding carboxylic acids is 1. The van der Waals surface area contributed by atoms with Gasteiger partial charge in [0.15, 0.2) is 11.0 Å². The van der Waals surface area contributed by atoms with Crippen LogP contribution in [0, 0.1) is 17.1 Å². The molecule has 0 aliphatic rings. The zero-order chi connectivity index (χ0) is 22.3. The van der Waals surface area contributed by atoms with Crippen LogP contribution in [0.4, 0.5) is 10.1 Å². The molecule has 0 saturated carbocycles. The fourth-order valence-electron chi connectivity index (χ4n) is 3.12. The van der Waals surface area contributed by atoms with Gasteiger partial charge in [-0.05, 0) is 47.8 Å². The van der Waals surface area contributed by atoms with Crippen molar-refractivity contribution in [3.63, 3.8) is 0 Å². The van der Waals surface area contributed by atoms with Gasteiger partial charge in [0.2, 0.25) is 5.91 Å². The van der Waals surface area contributed by atoms with Crippen LogP contribution in [0.1, 0.15) is 6.42 Å². The van der Waals surface area contributed by atoms with E-state index >= 15 is 0 Å². The molecule has 2 heterocycles. The lowest BCUT2D eigenvalue weighted by molar-refractivity contribution is -0.116. The molecule has 4 rings (SSSR count). The standard InChI is InChI=1S/C23H18FN5OS2/c24-17-9-11-18(12-10-17)28(14-5-13-25)21(30)16-32-23-27-26-22(20-8-4-15-31-20)29(23)19-6-2-1-3-7-19/h1-4,6-12,15H,5,14,16H2. The third-order valence-electron chi connectivity index (χ3n) is 4.60. The summed E-state index contributed by atoms with van der Waals surface area (Å²) in [6.45, 7) is 0.230. The van der Waals surface area contributed by atoms with Crippen molar-refractivity contribution in [3.8, 4) is 22.5 Å². The summed E-state index contributed by atoms with van der Waals surface area (Å²) in [5.74, 6) is 0.226. The summed E-state index contributed by atoms with van der Waals surface area (Å²) in [4.78, 5) is 15.5. The van der Waals surface area contributed by atoms with Crippen LogP contribution in [0.5, 0.6) is 0 Å². The van der Waals surface area contributed by atoms with Gasteiger partial charge in [0.1, 0.15) is 5.82 Å². The fraction of sp³-hybridized carbons (Fsp3) is 0.130. The highest BCUT2D eigenvalue weighted by Gasteiger charge is 2.20. The van der Waals surface area contributed by atoms with Crippen molar-refractivity contribution < 1.29 is 9.18 Å². The molecule has 2 aromatic heterocycles. The average Bonchev–Trinajstić information content (AvgIpc) is 3.49. The smallest absolute Gasteiger partial charge is 0.237 e. The Balaban J connectivity index is 1.59. The molecule has 160 valence electrons. The van der Waals surface area contributed by atoms with Crippen LogP contribution in [0.25, 0.3) is 16.4 Å². The van der Waals surface area contributed by atoms with Gasteiger partial charge in [-0.25, -0.2) is 4.39 Å². The van der Waals surface area contributed by atoms with Crippen LogP contribution in [0.3, 0.4) is 0 Å². The first-order chi connectivity index (χ1) is 15.7. The molecule has 4 aromatic rings. The molecule has 0 unspecified atom stereocenters. The Morgan fingerprint density at radius 3 is 2.56 bits per heavy atom. The predicted molar refractivity (Wildman–Crippen MR) is 124 cm³/mol. The van der Waals surface area contributed by atoms with E-state index in [9.17, 15) is 9.18 Å². The van der Waals surface area contributed by atoms with Gasteiger partial charge in [0.25, 0.3) is 0 Å². The van der Waals surface area contributed by atoms with Gasteiger partial charge in [-0.2, -0.15) is 5.26 Å². The van der Waals surface area contributed by atoms with E-state index in [1.54, 1.807) is 11.3 Å². The van der Waals surface area contributed by atoms with Crippen LogP contribution >= 0.6 is 23.1 Å². The molecule has 0 aliphatic carbocycles. The van der Waals surface area contributed by atoms with Gasteiger partial charge in [-0.15, -0.1) is 21.5 Å². The summed E-state index contributed by atoms with van der Waals surface area (Å²) < 4.78 is 15.3. The summed E-state index contributed by atoms with van der Waals surface area (Å²) in [6.07, 6.45) is 0.177. The average molecular weight is 464 g/mol. The Bertz CT molecular complexity index is 1220. The number of rotatable bonds is 8. The van der Waals surface area contributed by atoms with Crippen molar-refractivity contribution in [2.75, 3.05) is 17.2 Å². The first-order valence-electron chi connectivity index (χ1n) is 9.78. The third kappa shape index (κ3) is 4.88. The lowest BCUT2D eigenvalue weighted by Gasteiger charge is -2.21. The largest absolute Gasteiger partial charge is 0.311 e. The first-order valence-corrected chi connectivity index (χ1v) is 11.6. The van der Waals surface area contributed by atoms with Crippen molar-refractivity contribution in [3.05, 3.63) is 77.9 Å². The molecule has 2 aromatic carbocycles. The predicted octanol–water partition coefficient (Wildman–Crippen LogP) is 5.17. The van der Waals surface area contributed by atoms with E-state index < -0.39 is 0 Å². The number of thioether (sulfide) groups is 1. The molecule has 6 nitrogen and oxygen atoms in total. The second-order valence-corrected chi connectivity index (χ2v) is 8.56. The molecular formula is C23H18FN5OS2. The molecule has 0 N–H and O–H groups in total. The number of aromatic nitrogens is 3. The number of benzene rings is 2. The topological polar surface area (TPSA) is 74.8 Å². The fourth-order valence-corrected chi connectivity index (χ4v) is 4.65. The number of anilines is 1. The van der Waals surface area contributed by atoms with E-state index in [1.165, 1.54) is 40.9 Å². The minimum Gasteiger partial charge on any atom is -0.311 e. The molecule has 0 radical (unpaired) electrons. The van der Waals surface area contributed by atoms with Gasteiger partial charge in [0.05, 0.1) is 23.1 Å². The van der Waals surface area contributed by atoms with Crippen molar-refractivity contribution in [1.29, 1.82) is 5.26 Å². The molecule has 0 spiro atoms. The van der Waals surface area contributed by atoms with Crippen molar-refractivity contribution >= 4 is 34.7 Å². The summed E-state index contributed by atoms with van der Waals surface area (Å²) in [5, 5.41) is 20.2. The SMILES string of the molecule is N#CCCN(C(=O)CSc1nnc(-c2cccs2)n1-c1ccccc1)c1ccc(F)cc1. The highest BCUT2D eigenvalue weighted by atomic mass is 32.2. The first kappa shape index (κ1) is 21.7. The Kier molecular flexibility index (Phi) is 6.94. The summed E-state index contributed by atoms with van der Waals surface area (Å²) in [7, 11) is 0. The number of hydrogen-bond acceptors (Lipinski definition) is 6. The van der Waals surface area contributed by atoms with Crippen LogP contribution in [-0.2, 0) is 4.79 Å². The van der Waals surface area contributed by atoms with Crippen molar-refractivity contribution in [2.45, 2.75) is 11.6 Å². The molecule has 1 amide bonds. The Labute approximate surface area is 192 Å². The number of hydrogen-bond donors (Lipinski definition) is 0. The molecular weight excluding hydrogens is 445 g/mol. The van der Waals surface area contributed by atoms with Crippen LogP contribution < -0.4 is 4.90 Å². The summed E-state index contributed by atoms with van der Waals surface area (Å²) in [5.41, 5.74) is 1.45. The highest BCUT2D eigenvalue weighted by molar-refractivity contribution is 7.99. The molecule has 9 heteroatoms. The van der Waals surface area contributed by atoms with Gasteiger partial charge < -0.3 is 4.90 Å². The number of nitriles is 1. The number of thiophene rings is 1. The lowest BCUT2D eigenvalue weighted by atomic mass is 10.2. The Hall–Kier alpha value is -3.48. The summed E-state index contributed by atoms with van der Waals surface area (Å²) in [6, 6.07) is 21.4. The van der Waals surface area contributed by atoms with E-state index in [2.05, 4.69) is 16.3 Å². The zero-order valence-corrected chi connectivity index (χ0v) is 18.5. The van der Waals surface area contributed by atoms with Gasteiger partial charge in [-0.3, -0.25) is 9.36 Å². The monoisotopic (exact) mass is 463 g/mol. The Morgan fingerprint density at radius 1 is 1.09 bits per heavy atom. The molecule has 0 fully saturated rings. The molecule has 0 aliphatic heterocycles. The van der Waals surface area contributed by atoms with Gasteiger partial charge in [-0.1, -0.05) is 36.0 Å². The Morgan fingerprint density at radius 2 is 1.88 bits per heavy atom. The molecule has 0 saturated heterocycles. The number of para-hydroxylation sites is 1. The maximum absolute atomic E-state index is 13.3. The zero-order valence-electron chi connectivity index (χ0n) is 16.9. The van der Waals surface area contributed by atoms with Crippen LogP contribution in [-0.4, -0.2) is 33.0 Å². The van der Waals surface area contributed by atoms with Crippen molar-refractivity contribution in [2.24, 2.45) is 0 Å². The van der Waals surface area contributed by atoms with E-state index in [4.69, 9.17) is 5.26 Å². The maximum Gasteiger partial charge on any atom is 0.237 e. The molecule has 0 atom stereocenters. The molecule has 32 heavy (non-hydrogen) atoms. The van der Waals surface area contributed by atoms with Gasteiger partial charge >= 0.3 is 0 Å². The van der Waals surface area contributed by atoms with E-state index in [0.717, 1.165) is 10.6 Å².